The summed E-state index contributed by atoms with van der Waals surface area (Å²) in [6.07, 6.45) is 1.37. The number of benzene rings is 1. The largest absolute Gasteiger partial charge is 0.504 e. The third-order valence-electron chi connectivity index (χ3n) is 1.84. The van der Waals surface area contributed by atoms with Gasteiger partial charge in [-0.05, 0) is 18.2 Å². The summed E-state index contributed by atoms with van der Waals surface area (Å²) in [7, 11) is 0. The van der Waals surface area contributed by atoms with Gasteiger partial charge >= 0.3 is 0 Å². The van der Waals surface area contributed by atoms with E-state index in [0.29, 0.717) is 17.0 Å². The third kappa shape index (κ3) is 1.24. The minimum Gasteiger partial charge on any atom is -0.504 e. The van der Waals surface area contributed by atoms with Gasteiger partial charge in [-0.15, -0.1) is 0 Å². The molecule has 0 atom stereocenters. The molecule has 72 valence electrons. The standard InChI is InChI=1S/C9H8N2O3/c10-6-4-11-14-9(6)5-1-2-7(12)8(13)3-5/h1-4,12-13H,10H2. The second-order valence-corrected chi connectivity index (χ2v) is 2.81. The van der Waals surface area contributed by atoms with Crippen LogP contribution in [0.3, 0.4) is 0 Å². The average Bonchev–Trinajstić information content (AvgIpc) is 2.57. The Morgan fingerprint density at radius 1 is 1.21 bits per heavy atom. The van der Waals surface area contributed by atoms with E-state index in [0.717, 1.165) is 0 Å². The third-order valence-corrected chi connectivity index (χ3v) is 1.84. The highest BCUT2D eigenvalue weighted by molar-refractivity contribution is 5.71. The molecule has 2 rings (SSSR count). The monoisotopic (exact) mass is 192 g/mol. The second-order valence-electron chi connectivity index (χ2n) is 2.81. The van der Waals surface area contributed by atoms with Crippen molar-refractivity contribution in [1.29, 1.82) is 0 Å². The van der Waals surface area contributed by atoms with Crippen LogP contribution in [-0.2, 0) is 0 Å². The predicted molar refractivity (Wildman–Crippen MR) is 49.7 cm³/mol. The molecule has 1 aromatic heterocycles. The summed E-state index contributed by atoms with van der Waals surface area (Å²) in [5.74, 6) is -0.0366. The predicted octanol–water partition coefficient (Wildman–Crippen LogP) is 1.33. The van der Waals surface area contributed by atoms with E-state index in [1.807, 2.05) is 0 Å². The van der Waals surface area contributed by atoms with Crippen molar-refractivity contribution in [2.24, 2.45) is 0 Å². The summed E-state index contributed by atoms with van der Waals surface area (Å²) < 4.78 is 4.88. The number of rotatable bonds is 1. The highest BCUT2D eigenvalue weighted by Gasteiger charge is 2.09. The summed E-state index contributed by atoms with van der Waals surface area (Å²) >= 11 is 0. The lowest BCUT2D eigenvalue weighted by molar-refractivity contribution is 0.403. The van der Waals surface area contributed by atoms with Crippen LogP contribution in [0.1, 0.15) is 0 Å². The topological polar surface area (TPSA) is 92.5 Å². The summed E-state index contributed by atoms with van der Waals surface area (Å²) in [6, 6.07) is 4.28. The van der Waals surface area contributed by atoms with E-state index in [9.17, 15) is 5.11 Å². The molecule has 5 nitrogen and oxygen atoms in total. The maximum Gasteiger partial charge on any atom is 0.189 e. The molecule has 1 heterocycles. The van der Waals surface area contributed by atoms with Gasteiger partial charge in [0, 0.05) is 5.56 Å². The number of nitrogens with zero attached hydrogens (tertiary/aromatic N) is 1. The molecule has 4 N–H and O–H groups in total. The molecular formula is C9H8N2O3. The first kappa shape index (κ1) is 8.43. The van der Waals surface area contributed by atoms with E-state index in [1.54, 1.807) is 6.07 Å². The Bertz CT molecular complexity index is 465. The van der Waals surface area contributed by atoms with Gasteiger partial charge in [0.1, 0.15) is 5.69 Å². The van der Waals surface area contributed by atoms with E-state index in [4.69, 9.17) is 15.4 Å². The molecule has 0 saturated heterocycles. The van der Waals surface area contributed by atoms with Crippen molar-refractivity contribution in [2.75, 3.05) is 5.73 Å². The fourth-order valence-electron chi connectivity index (χ4n) is 1.13. The van der Waals surface area contributed by atoms with Crippen LogP contribution in [0.2, 0.25) is 0 Å². The number of aromatic hydroxyl groups is 2. The first-order valence-corrected chi connectivity index (χ1v) is 3.91. The van der Waals surface area contributed by atoms with Crippen molar-refractivity contribution in [1.82, 2.24) is 5.16 Å². The lowest BCUT2D eigenvalue weighted by Crippen LogP contribution is -1.84. The minimum absolute atomic E-state index is 0.188. The lowest BCUT2D eigenvalue weighted by atomic mass is 10.1. The number of hydrogen-bond donors (Lipinski definition) is 3. The average molecular weight is 192 g/mol. The Hall–Kier alpha value is -2.17. The minimum atomic E-state index is -0.224. The van der Waals surface area contributed by atoms with Crippen LogP contribution in [0.15, 0.2) is 28.9 Å². The van der Waals surface area contributed by atoms with Crippen molar-refractivity contribution in [3.63, 3.8) is 0 Å². The van der Waals surface area contributed by atoms with Crippen LogP contribution in [0.5, 0.6) is 11.5 Å². The zero-order valence-corrected chi connectivity index (χ0v) is 7.14. The molecule has 0 aliphatic rings. The number of nitrogens with two attached hydrogens (primary N) is 1. The van der Waals surface area contributed by atoms with Crippen LogP contribution in [0, 0.1) is 0 Å². The number of phenols is 2. The number of nitrogen functional groups attached to an aromatic ring is 1. The fraction of sp³-hybridized carbons (Fsp3) is 0. The normalized spacial score (nSPS) is 10.3. The molecule has 0 unspecified atom stereocenters. The first-order chi connectivity index (χ1) is 6.68. The Balaban J connectivity index is 2.53. The van der Waals surface area contributed by atoms with Crippen LogP contribution < -0.4 is 5.73 Å². The van der Waals surface area contributed by atoms with E-state index >= 15 is 0 Å². The van der Waals surface area contributed by atoms with Crippen molar-refractivity contribution in [3.05, 3.63) is 24.4 Å². The highest BCUT2D eigenvalue weighted by atomic mass is 16.5. The number of anilines is 1. The van der Waals surface area contributed by atoms with Gasteiger partial charge in [-0.25, -0.2) is 0 Å². The van der Waals surface area contributed by atoms with Gasteiger partial charge in [0.15, 0.2) is 17.3 Å². The second kappa shape index (κ2) is 2.95. The smallest absolute Gasteiger partial charge is 0.189 e. The fourth-order valence-corrected chi connectivity index (χ4v) is 1.13. The molecule has 0 aliphatic heterocycles. The van der Waals surface area contributed by atoms with E-state index in [1.165, 1.54) is 18.3 Å². The summed E-state index contributed by atoms with van der Waals surface area (Å²) in [5.41, 5.74) is 6.51. The molecule has 0 amide bonds. The molecule has 0 bridgehead atoms. The Morgan fingerprint density at radius 3 is 2.57 bits per heavy atom. The Labute approximate surface area is 79.4 Å². The lowest BCUT2D eigenvalue weighted by Gasteiger charge is -2.00. The maximum absolute atomic E-state index is 9.24. The molecule has 14 heavy (non-hydrogen) atoms. The van der Waals surface area contributed by atoms with Crippen molar-refractivity contribution in [3.8, 4) is 22.8 Å². The van der Waals surface area contributed by atoms with Gasteiger partial charge in [0.2, 0.25) is 0 Å². The summed E-state index contributed by atoms with van der Waals surface area (Å²) in [4.78, 5) is 0. The van der Waals surface area contributed by atoms with Crippen LogP contribution in [-0.4, -0.2) is 15.4 Å². The van der Waals surface area contributed by atoms with Crippen LogP contribution >= 0.6 is 0 Å². The first-order valence-electron chi connectivity index (χ1n) is 3.91. The van der Waals surface area contributed by atoms with Gasteiger partial charge < -0.3 is 20.5 Å². The van der Waals surface area contributed by atoms with Gasteiger partial charge in [0.05, 0.1) is 6.20 Å². The summed E-state index contributed by atoms with van der Waals surface area (Å²) in [5, 5.41) is 21.8. The quantitative estimate of drug-likeness (QED) is 0.593. The zero-order chi connectivity index (χ0) is 10.1. The molecule has 0 radical (unpaired) electrons. The number of aromatic nitrogens is 1. The molecule has 0 aliphatic carbocycles. The van der Waals surface area contributed by atoms with Crippen molar-refractivity contribution >= 4 is 5.69 Å². The van der Waals surface area contributed by atoms with Gasteiger partial charge in [-0.2, -0.15) is 0 Å². The molecule has 0 spiro atoms. The Morgan fingerprint density at radius 2 is 2.00 bits per heavy atom. The van der Waals surface area contributed by atoms with E-state index in [-0.39, 0.29) is 11.5 Å². The molecule has 1 aromatic carbocycles. The van der Waals surface area contributed by atoms with Gasteiger partial charge in [-0.1, -0.05) is 5.16 Å². The van der Waals surface area contributed by atoms with E-state index < -0.39 is 0 Å². The summed E-state index contributed by atoms with van der Waals surface area (Å²) in [6.45, 7) is 0. The number of hydrogen-bond acceptors (Lipinski definition) is 5. The molecule has 0 saturated carbocycles. The molecule has 5 heteroatoms. The van der Waals surface area contributed by atoms with E-state index in [2.05, 4.69) is 5.16 Å². The zero-order valence-electron chi connectivity index (χ0n) is 7.14. The van der Waals surface area contributed by atoms with Crippen molar-refractivity contribution < 1.29 is 14.7 Å². The maximum atomic E-state index is 9.24. The molecule has 2 aromatic rings. The van der Waals surface area contributed by atoms with Crippen LogP contribution in [0.25, 0.3) is 11.3 Å². The SMILES string of the molecule is Nc1cnoc1-c1ccc(O)c(O)c1. The highest BCUT2D eigenvalue weighted by Crippen LogP contribution is 2.32. The molecule has 0 fully saturated rings. The molecular weight excluding hydrogens is 184 g/mol. The van der Waals surface area contributed by atoms with Crippen LogP contribution in [0.4, 0.5) is 5.69 Å². The number of phenolic OH excluding ortho intramolecular Hbond substituents is 2. The van der Waals surface area contributed by atoms with Gasteiger partial charge in [0.25, 0.3) is 0 Å². The van der Waals surface area contributed by atoms with Crippen molar-refractivity contribution in [2.45, 2.75) is 0 Å². The Kier molecular flexibility index (Phi) is 1.78. The van der Waals surface area contributed by atoms with Gasteiger partial charge in [-0.3, -0.25) is 0 Å².